The van der Waals surface area contributed by atoms with E-state index >= 15 is 0 Å². The summed E-state index contributed by atoms with van der Waals surface area (Å²) in [6.07, 6.45) is 5.86. The van der Waals surface area contributed by atoms with Gasteiger partial charge in [-0.1, -0.05) is 60.7 Å². The monoisotopic (exact) mass is 549 g/mol. The molecule has 0 saturated carbocycles. The summed E-state index contributed by atoms with van der Waals surface area (Å²) in [5.74, 6) is 0. The summed E-state index contributed by atoms with van der Waals surface area (Å²) in [6.45, 7) is 0. The fraction of sp³-hybridized carbons (Fsp3) is 0. The van der Waals surface area contributed by atoms with Gasteiger partial charge < -0.3 is 9.13 Å². The first-order valence-electron chi connectivity index (χ1n) is 14.5. The lowest BCUT2D eigenvalue weighted by atomic mass is 10.0. The molecule has 0 aliphatic rings. The Bertz CT molecular complexity index is 2710. The number of rotatable bonds is 2. The minimum Gasteiger partial charge on any atom is -0.309 e. The number of aromatic nitrogens is 5. The number of pyridine rings is 2. The van der Waals surface area contributed by atoms with Crippen LogP contribution in [0.25, 0.3) is 82.4 Å². The van der Waals surface area contributed by atoms with Crippen LogP contribution < -0.4 is 0 Å². The predicted octanol–water partition coefficient (Wildman–Crippen LogP) is 9.23. The zero-order chi connectivity index (χ0) is 28.1. The Labute approximate surface area is 245 Å². The SMILES string of the molecule is c1ccc(-n2c3ccc4c5ccccc5n(-c5ccccc5)c4c3c3c2ccc2c4ncccc4c4nccn4c23)cc1. The van der Waals surface area contributed by atoms with Gasteiger partial charge in [-0.15, -0.1) is 0 Å². The number of benzene rings is 5. The Kier molecular flexibility index (Phi) is 4.39. The molecule has 0 spiro atoms. The summed E-state index contributed by atoms with van der Waals surface area (Å²) in [4.78, 5) is 9.71. The standard InChI is InChI=1S/C38H23N5/c1-3-10-24(11-4-1)42-31-20-18-28-35-29(15-9-21-39-35)38-40-22-23-41(38)36(28)33(31)34-32(42)19-17-27-26-14-7-8-16-30(26)43(37(27)34)25-12-5-2-6-13-25/h1-23H. The average Bonchev–Trinajstić information content (AvgIpc) is 3.78. The van der Waals surface area contributed by atoms with Gasteiger partial charge in [0.2, 0.25) is 0 Å². The molecule has 0 bridgehead atoms. The van der Waals surface area contributed by atoms with Crippen LogP contribution in [0, 0.1) is 0 Å². The summed E-state index contributed by atoms with van der Waals surface area (Å²) in [7, 11) is 0. The molecule has 0 atom stereocenters. The Morgan fingerprint density at radius 3 is 1.86 bits per heavy atom. The maximum atomic E-state index is 4.89. The van der Waals surface area contributed by atoms with E-state index in [0.717, 1.165) is 49.9 Å². The summed E-state index contributed by atoms with van der Waals surface area (Å²) < 4.78 is 7.09. The molecule has 0 unspecified atom stereocenters. The number of hydrogen-bond donors (Lipinski definition) is 0. The number of hydrogen-bond acceptors (Lipinski definition) is 2. The molecule has 10 rings (SSSR count). The van der Waals surface area contributed by atoms with Crippen molar-refractivity contribution in [3.05, 3.63) is 140 Å². The predicted molar refractivity (Wildman–Crippen MR) is 177 cm³/mol. The molecule has 10 aromatic rings. The Hall–Kier alpha value is -5.94. The molecule has 5 aromatic carbocycles. The zero-order valence-electron chi connectivity index (χ0n) is 23.0. The first-order chi connectivity index (χ1) is 21.4. The van der Waals surface area contributed by atoms with Crippen molar-refractivity contribution < 1.29 is 0 Å². The second-order valence-corrected chi connectivity index (χ2v) is 11.1. The van der Waals surface area contributed by atoms with Gasteiger partial charge in [-0.25, -0.2) is 4.98 Å². The van der Waals surface area contributed by atoms with Crippen molar-refractivity contribution in [1.82, 2.24) is 23.5 Å². The van der Waals surface area contributed by atoms with E-state index in [1.807, 2.05) is 18.5 Å². The van der Waals surface area contributed by atoms with Gasteiger partial charge >= 0.3 is 0 Å². The number of fused-ring (bicyclic) bond motifs is 14. The lowest BCUT2D eigenvalue weighted by molar-refractivity contribution is 1.17. The normalized spacial score (nSPS) is 12.2. The number of imidazole rings is 1. The molecule has 5 aromatic heterocycles. The van der Waals surface area contributed by atoms with Gasteiger partial charge in [0.1, 0.15) is 5.65 Å². The molecule has 5 nitrogen and oxygen atoms in total. The second-order valence-electron chi connectivity index (χ2n) is 11.1. The van der Waals surface area contributed by atoms with Crippen LogP contribution in [0.3, 0.4) is 0 Å². The Balaban J connectivity index is 1.57. The third-order valence-corrected chi connectivity index (χ3v) is 8.92. The Morgan fingerprint density at radius 1 is 0.419 bits per heavy atom. The second kappa shape index (κ2) is 8.30. The minimum atomic E-state index is 0.916. The van der Waals surface area contributed by atoms with E-state index in [-0.39, 0.29) is 0 Å². The smallest absolute Gasteiger partial charge is 0.146 e. The van der Waals surface area contributed by atoms with E-state index in [1.54, 1.807) is 0 Å². The fourth-order valence-electron chi connectivity index (χ4n) is 7.25. The van der Waals surface area contributed by atoms with Crippen LogP contribution in [0.1, 0.15) is 0 Å². The molecule has 0 amide bonds. The number of nitrogens with zero attached hydrogens (tertiary/aromatic N) is 5. The van der Waals surface area contributed by atoms with Crippen LogP contribution in [-0.2, 0) is 0 Å². The van der Waals surface area contributed by atoms with Crippen molar-refractivity contribution in [1.29, 1.82) is 0 Å². The average molecular weight is 550 g/mol. The molecule has 0 saturated heterocycles. The van der Waals surface area contributed by atoms with Crippen LogP contribution in [0.4, 0.5) is 0 Å². The third kappa shape index (κ3) is 2.90. The summed E-state index contributed by atoms with van der Waals surface area (Å²) in [6, 6.07) is 43.3. The van der Waals surface area contributed by atoms with Gasteiger partial charge in [0.15, 0.2) is 0 Å². The molecular formula is C38H23N5. The largest absolute Gasteiger partial charge is 0.309 e. The molecule has 0 aliphatic heterocycles. The van der Waals surface area contributed by atoms with E-state index in [9.17, 15) is 0 Å². The molecular weight excluding hydrogens is 526 g/mol. The van der Waals surface area contributed by atoms with Gasteiger partial charge in [-0.2, -0.15) is 0 Å². The molecule has 0 fully saturated rings. The zero-order valence-corrected chi connectivity index (χ0v) is 23.0. The molecule has 0 radical (unpaired) electrons. The van der Waals surface area contributed by atoms with Gasteiger partial charge in [-0.05, 0) is 60.7 Å². The molecule has 0 aliphatic carbocycles. The van der Waals surface area contributed by atoms with Gasteiger partial charge in [-0.3, -0.25) is 9.38 Å². The van der Waals surface area contributed by atoms with Crippen molar-refractivity contribution >= 4 is 71.1 Å². The van der Waals surface area contributed by atoms with Crippen molar-refractivity contribution in [2.24, 2.45) is 0 Å². The maximum Gasteiger partial charge on any atom is 0.146 e. The maximum absolute atomic E-state index is 4.89. The van der Waals surface area contributed by atoms with Crippen LogP contribution in [0.2, 0.25) is 0 Å². The highest BCUT2D eigenvalue weighted by Gasteiger charge is 2.24. The van der Waals surface area contributed by atoms with Crippen molar-refractivity contribution in [2.45, 2.75) is 0 Å². The summed E-state index contributed by atoms with van der Waals surface area (Å²) in [5, 5.41) is 7.04. The lowest BCUT2D eigenvalue weighted by Crippen LogP contribution is -1.95. The van der Waals surface area contributed by atoms with Gasteiger partial charge in [0.05, 0.1) is 33.1 Å². The minimum absolute atomic E-state index is 0.916. The highest BCUT2D eigenvalue weighted by molar-refractivity contribution is 6.32. The molecule has 0 N–H and O–H groups in total. The molecule has 5 heteroatoms. The van der Waals surface area contributed by atoms with Crippen molar-refractivity contribution in [3.63, 3.8) is 0 Å². The Morgan fingerprint density at radius 2 is 1.07 bits per heavy atom. The molecule has 200 valence electrons. The van der Waals surface area contributed by atoms with Crippen LogP contribution in [0.5, 0.6) is 0 Å². The highest BCUT2D eigenvalue weighted by Crippen LogP contribution is 2.45. The fourth-order valence-corrected chi connectivity index (χ4v) is 7.25. The summed E-state index contributed by atoms with van der Waals surface area (Å²) >= 11 is 0. The topological polar surface area (TPSA) is 40.0 Å². The van der Waals surface area contributed by atoms with Crippen molar-refractivity contribution in [2.75, 3.05) is 0 Å². The van der Waals surface area contributed by atoms with E-state index in [1.165, 1.54) is 32.6 Å². The van der Waals surface area contributed by atoms with Crippen LogP contribution >= 0.6 is 0 Å². The third-order valence-electron chi connectivity index (χ3n) is 8.92. The van der Waals surface area contributed by atoms with E-state index in [2.05, 4.69) is 135 Å². The lowest BCUT2D eigenvalue weighted by Gasteiger charge is -2.11. The molecule has 5 heterocycles. The van der Waals surface area contributed by atoms with E-state index in [0.29, 0.717) is 0 Å². The van der Waals surface area contributed by atoms with Crippen LogP contribution in [0.15, 0.2) is 140 Å². The van der Waals surface area contributed by atoms with Crippen molar-refractivity contribution in [3.8, 4) is 11.4 Å². The van der Waals surface area contributed by atoms with Gasteiger partial charge in [0.25, 0.3) is 0 Å². The highest BCUT2D eigenvalue weighted by atomic mass is 15.0. The summed E-state index contributed by atoms with van der Waals surface area (Å²) in [5.41, 5.74) is 9.98. The molecule has 43 heavy (non-hydrogen) atoms. The number of para-hydroxylation sites is 3. The van der Waals surface area contributed by atoms with E-state index < -0.39 is 0 Å². The first kappa shape index (κ1) is 22.7. The van der Waals surface area contributed by atoms with Crippen LogP contribution in [-0.4, -0.2) is 23.5 Å². The van der Waals surface area contributed by atoms with Gasteiger partial charge in [0, 0.05) is 62.3 Å². The first-order valence-corrected chi connectivity index (χ1v) is 14.5. The quantitative estimate of drug-likeness (QED) is 0.202. The van der Waals surface area contributed by atoms with E-state index in [4.69, 9.17) is 9.97 Å².